The highest BCUT2D eigenvalue weighted by Crippen LogP contribution is 2.12. The van der Waals surface area contributed by atoms with E-state index in [1.54, 1.807) is 44.5 Å². The number of carbonyl (C=O) groups is 1. The number of amides is 1. The number of hydrogen-bond acceptors (Lipinski definition) is 2. The molecule has 0 N–H and O–H groups in total. The zero-order valence-corrected chi connectivity index (χ0v) is 10.3. The fourth-order valence-electron chi connectivity index (χ4n) is 1.65. The van der Waals surface area contributed by atoms with E-state index in [-0.39, 0.29) is 11.7 Å². The van der Waals surface area contributed by atoms with E-state index >= 15 is 0 Å². The van der Waals surface area contributed by atoms with E-state index in [4.69, 9.17) is 4.42 Å². The van der Waals surface area contributed by atoms with E-state index in [2.05, 4.69) is 0 Å². The van der Waals surface area contributed by atoms with Crippen LogP contribution in [0.5, 0.6) is 0 Å². The van der Waals surface area contributed by atoms with Gasteiger partial charge in [0, 0.05) is 12.6 Å². The van der Waals surface area contributed by atoms with Crippen molar-refractivity contribution in [2.24, 2.45) is 0 Å². The highest BCUT2D eigenvalue weighted by Gasteiger charge is 2.14. The minimum absolute atomic E-state index is 0.231. The van der Waals surface area contributed by atoms with Crippen molar-refractivity contribution < 1.29 is 13.6 Å². The fourth-order valence-corrected chi connectivity index (χ4v) is 1.65. The van der Waals surface area contributed by atoms with Crippen molar-refractivity contribution in [2.75, 3.05) is 7.05 Å². The van der Waals surface area contributed by atoms with Crippen molar-refractivity contribution in [1.29, 1.82) is 0 Å². The lowest BCUT2D eigenvalue weighted by Gasteiger charge is -2.16. The van der Waals surface area contributed by atoms with Gasteiger partial charge in [-0.25, -0.2) is 4.39 Å². The van der Waals surface area contributed by atoms with Crippen LogP contribution in [0.4, 0.5) is 4.39 Å². The standard InChI is InChI=1S/C14H14FNO2/c1-10-5-6-11(8-13(10)15)14(17)16(2)9-12-4-3-7-18-12/h3-8H,9H2,1-2H3. The third-order valence-electron chi connectivity index (χ3n) is 2.74. The van der Waals surface area contributed by atoms with E-state index in [1.165, 1.54) is 11.0 Å². The first kappa shape index (κ1) is 12.4. The van der Waals surface area contributed by atoms with Gasteiger partial charge in [0.25, 0.3) is 5.91 Å². The number of halogens is 1. The molecule has 0 aliphatic heterocycles. The Labute approximate surface area is 105 Å². The summed E-state index contributed by atoms with van der Waals surface area (Å²) in [5, 5.41) is 0. The van der Waals surface area contributed by atoms with Crippen molar-refractivity contribution in [1.82, 2.24) is 4.90 Å². The Hall–Kier alpha value is -2.10. The van der Waals surface area contributed by atoms with E-state index in [9.17, 15) is 9.18 Å². The molecule has 1 aromatic heterocycles. The van der Waals surface area contributed by atoms with Gasteiger partial charge in [-0.15, -0.1) is 0 Å². The van der Waals surface area contributed by atoms with E-state index in [1.807, 2.05) is 0 Å². The second kappa shape index (κ2) is 5.04. The minimum Gasteiger partial charge on any atom is -0.467 e. The molecule has 1 amide bonds. The summed E-state index contributed by atoms with van der Waals surface area (Å²) in [6.07, 6.45) is 1.55. The molecule has 4 heteroatoms. The van der Waals surface area contributed by atoms with Crippen LogP contribution in [0.15, 0.2) is 41.0 Å². The number of rotatable bonds is 3. The second-order valence-corrected chi connectivity index (χ2v) is 4.20. The molecule has 0 bridgehead atoms. The predicted molar refractivity (Wildman–Crippen MR) is 65.6 cm³/mol. The Morgan fingerprint density at radius 3 is 2.78 bits per heavy atom. The molecule has 0 unspecified atom stereocenters. The number of furan rings is 1. The van der Waals surface area contributed by atoms with Crippen LogP contribution in [0.3, 0.4) is 0 Å². The molecule has 0 fully saturated rings. The van der Waals surface area contributed by atoms with Crippen LogP contribution in [0.1, 0.15) is 21.7 Å². The first-order chi connectivity index (χ1) is 8.58. The van der Waals surface area contributed by atoms with Crippen molar-refractivity contribution in [2.45, 2.75) is 13.5 Å². The van der Waals surface area contributed by atoms with Crippen LogP contribution in [0.2, 0.25) is 0 Å². The topological polar surface area (TPSA) is 33.5 Å². The van der Waals surface area contributed by atoms with Crippen LogP contribution in [0.25, 0.3) is 0 Å². The Kier molecular flexibility index (Phi) is 3.46. The molecular weight excluding hydrogens is 233 g/mol. The highest BCUT2D eigenvalue weighted by atomic mass is 19.1. The average molecular weight is 247 g/mol. The molecule has 2 aromatic rings. The molecule has 0 aliphatic carbocycles. The van der Waals surface area contributed by atoms with Gasteiger partial charge in [0.15, 0.2) is 0 Å². The van der Waals surface area contributed by atoms with Crippen molar-refractivity contribution in [3.8, 4) is 0 Å². The smallest absolute Gasteiger partial charge is 0.254 e. The summed E-state index contributed by atoms with van der Waals surface area (Å²) >= 11 is 0. The highest BCUT2D eigenvalue weighted by molar-refractivity contribution is 5.94. The first-order valence-corrected chi connectivity index (χ1v) is 5.62. The second-order valence-electron chi connectivity index (χ2n) is 4.20. The van der Waals surface area contributed by atoms with Crippen LogP contribution < -0.4 is 0 Å². The summed E-state index contributed by atoms with van der Waals surface area (Å²) in [5.41, 5.74) is 0.868. The molecule has 0 spiro atoms. The van der Waals surface area contributed by atoms with Crippen LogP contribution in [-0.2, 0) is 6.54 Å². The number of benzene rings is 1. The Morgan fingerprint density at radius 1 is 1.39 bits per heavy atom. The quantitative estimate of drug-likeness (QED) is 0.835. The van der Waals surface area contributed by atoms with Crippen molar-refractivity contribution in [3.05, 3.63) is 59.3 Å². The zero-order valence-electron chi connectivity index (χ0n) is 10.3. The molecule has 3 nitrogen and oxygen atoms in total. The largest absolute Gasteiger partial charge is 0.467 e. The van der Waals surface area contributed by atoms with Gasteiger partial charge in [-0.1, -0.05) is 6.07 Å². The molecule has 0 aliphatic rings. The summed E-state index contributed by atoms with van der Waals surface area (Å²) < 4.78 is 18.6. The summed E-state index contributed by atoms with van der Waals surface area (Å²) in [6, 6.07) is 8.04. The van der Waals surface area contributed by atoms with Crippen molar-refractivity contribution in [3.63, 3.8) is 0 Å². The van der Waals surface area contributed by atoms with E-state index < -0.39 is 0 Å². The van der Waals surface area contributed by atoms with Gasteiger partial charge in [0.2, 0.25) is 0 Å². The van der Waals surface area contributed by atoms with Crippen LogP contribution >= 0.6 is 0 Å². The third-order valence-corrected chi connectivity index (χ3v) is 2.74. The van der Waals surface area contributed by atoms with Gasteiger partial charge in [0.05, 0.1) is 12.8 Å². The number of hydrogen-bond donors (Lipinski definition) is 0. The normalized spacial score (nSPS) is 10.4. The number of carbonyl (C=O) groups excluding carboxylic acids is 1. The maximum Gasteiger partial charge on any atom is 0.254 e. The molecule has 1 aromatic carbocycles. The Bertz CT molecular complexity index is 549. The minimum atomic E-state index is -0.368. The lowest BCUT2D eigenvalue weighted by molar-refractivity contribution is 0.0775. The summed E-state index contributed by atoms with van der Waals surface area (Å²) in [4.78, 5) is 13.5. The molecule has 0 radical (unpaired) electrons. The first-order valence-electron chi connectivity index (χ1n) is 5.62. The van der Waals surface area contributed by atoms with Crippen LogP contribution in [0, 0.1) is 12.7 Å². The predicted octanol–water partition coefficient (Wildman–Crippen LogP) is 3.00. The SMILES string of the molecule is Cc1ccc(C(=O)N(C)Cc2ccco2)cc1F. The molecule has 18 heavy (non-hydrogen) atoms. The number of nitrogens with zero attached hydrogens (tertiary/aromatic N) is 1. The zero-order chi connectivity index (χ0) is 13.1. The van der Waals surface area contributed by atoms with Gasteiger partial charge >= 0.3 is 0 Å². The molecular formula is C14H14FNO2. The van der Waals surface area contributed by atoms with E-state index in [0.29, 0.717) is 23.4 Å². The maximum absolute atomic E-state index is 13.4. The van der Waals surface area contributed by atoms with E-state index in [0.717, 1.165) is 0 Å². The fraction of sp³-hybridized carbons (Fsp3) is 0.214. The van der Waals surface area contributed by atoms with Crippen LogP contribution in [-0.4, -0.2) is 17.9 Å². The third kappa shape index (κ3) is 2.59. The van der Waals surface area contributed by atoms with Gasteiger partial charge in [0.1, 0.15) is 11.6 Å². The molecule has 0 saturated heterocycles. The van der Waals surface area contributed by atoms with Gasteiger partial charge in [-0.2, -0.15) is 0 Å². The van der Waals surface area contributed by atoms with Gasteiger partial charge in [-0.3, -0.25) is 4.79 Å². The molecule has 2 rings (SSSR count). The lowest BCUT2D eigenvalue weighted by Crippen LogP contribution is -2.26. The Morgan fingerprint density at radius 2 is 2.17 bits per heavy atom. The molecule has 0 saturated carbocycles. The summed E-state index contributed by atoms with van der Waals surface area (Å²) in [5.74, 6) is 0.0935. The number of aryl methyl sites for hydroxylation is 1. The summed E-state index contributed by atoms with van der Waals surface area (Å²) in [7, 11) is 1.66. The average Bonchev–Trinajstić information content (AvgIpc) is 2.84. The summed E-state index contributed by atoms with van der Waals surface area (Å²) in [6.45, 7) is 2.03. The molecule has 1 heterocycles. The van der Waals surface area contributed by atoms with Crippen molar-refractivity contribution >= 4 is 5.91 Å². The maximum atomic E-state index is 13.4. The molecule has 94 valence electrons. The van der Waals surface area contributed by atoms with Gasteiger partial charge < -0.3 is 9.32 Å². The Balaban J connectivity index is 2.12. The lowest BCUT2D eigenvalue weighted by atomic mass is 10.1. The van der Waals surface area contributed by atoms with Gasteiger partial charge in [-0.05, 0) is 36.8 Å². The molecule has 0 atom stereocenters. The monoisotopic (exact) mass is 247 g/mol.